The molecule has 0 fully saturated rings. The molecule has 0 heterocycles. The van der Waals surface area contributed by atoms with E-state index in [1.807, 2.05) is 0 Å². The number of hydrogen-bond acceptors (Lipinski definition) is 0. The molecule has 180 valence electrons. The first-order valence-electron chi connectivity index (χ1n) is 10.5. The van der Waals surface area contributed by atoms with Crippen molar-refractivity contribution in [2.24, 2.45) is 0 Å². The van der Waals surface area contributed by atoms with Crippen LogP contribution >= 0.6 is 0 Å². The summed E-state index contributed by atoms with van der Waals surface area (Å²) in [7, 11) is 1.08. The van der Waals surface area contributed by atoms with Crippen molar-refractivity contribution in [2.75, 3.05) is 0 Å². The molecule has 0 aromatic carbocycles. The summed E-state index contributed by atoms with van der Waals surface area (Å²) in [6.45, 7) is 46.3. The normalized spacial score (nSPS) is 9.20. The molecule has 0 aromatic heterocycles. The van der Waals surface area contributed by atoms with Gasteiger partial charge in [0, 0.05) is 104 Å². The van der Waals surface area contributed by atoms with E-state index in [-0.39, 0.29) is 104 Å². The van der Waals surface area contributed by atoms with Gasteiger partial charge in [-0.15, -0.1) is 0 Å². The first-order chi connectivity index (χ1) is 12.2. The standard InChI is InChI=1S/2C4H12Si2.4C3H9Si.2Ge/c2*1-5(2)6(3)4;4*1-4(2)3;;/h2*1-4H3;4*1-3H3;;. The van der Waals surface area contributed by atoms with Gasteiger partial charge in [-0.25, -0.2) is 0 Å². The van der Waals surface area contributed by atoms with E-state index < -0.39 is 0 Å². The van der Waals surface area contributed by atoms with Gasteiger partial charge in [0.25, 0.3) is 0 Å². The topological polar surface area (TPSA) is 0 Å². The Labute approximate surface area is 232 Å². The van der Waals surface area contributed by atoms with Crippen LogP contribution in [0, 0.1) is 0 Å². The smallest absolute Gasteiger partial charge is 0.0379 e. The van der Waals surface area contributed by atoms with E-state index in [1.165, 1.54) is 0 Å². The Hall–Kier alpha value is 2.82. The van der Waals surface area contributed by atoms with Crippen LogP contribution in [-0.2, 0) is 0 Å². The van der Waals surface area contributed by atoms with Crippen molar-refractivity contribution in [1.82, 2.24) is 0 Å². The van der Waals surface area contributed by atoms with E-state index in [0.717, 1.165) is 0 Å². The summed E-state index contributed by atoms with van der Waals surface area (Å²) in [5.41, 5.74) is 0. The Bertz CT molecular complexity index is 180. The van der Waals surface area contributed by atoms with Crippen LogP contribution in [0.25, 0.3) is 0 Å². The third-order valence-electron chi connectivity index (χ3n) is 2.00. The molecule has 0 bridgehead atoms. The van der Waals surface area contributed by atoms with Gasteiger partial charge in [-0.2, -0.15) is 0 Å². The molecule has 0 aliphatic rings. The summed E-state index contributed by atoms with van der Waals surface area (Å²) in [5, 5.41) is 0. The Kier molecular flexibility index (Phi) is 75.6. The molecule has 0 spiro atoms. The molecule has 0 saturated heterocycles. The zero-order valence-electron chi connectivity index (χ0n) is 25.0. The fourth-order valence-electron chi connectivity index (χ4n) is 0. The molecular weight excluding hydrogens is 610 g/mol. The van der Waals surface area contributed by atoms with Crippen molar-refractivity contribution in [3.8, 4) is 0 Å². The minimum atomic E-state index is 0. The maximum absolute atomic E-state index is 2.39. The molecule has 0 rings (SSSR count). The molecule has 0 atom stereocenters. The molecule has 0 aromatic rings. The molecule has 16 radical (unpaired) electrons. The molecule has 0 amide bonds. The predicted octanol–water partition coefficient (Wildman–Crippen LogP) is 7.87. The van der Waals surface area contributed by atoms with Crippen LogP contribution in [-0.4, -0.2) is 104 Å². The summed E-state index contributed by atoms with van der Waals surface area (Å²) in [6.07, 6.45) is 0. The second-order valence-corrected chi connectivity index (χ2v) is 42.0. The number of rotatable bonds is 2. The fourth-order valence-corrected chi connectivity index (χ4v) is 0. The minimum absolute atomic E-state index is 0. The van der Waals surface area contributed by atoms with E-state index >= 15 is 0 Å². The molecule has 0 unspecified atom stereocenters. The Morgan fingerprint density at radius 1 is 0.200 bits per heavy atom. The average molecular weight is 671 g/mol. The van der Waals surface area contributed by atoms with Gasteiger partial charge in [-0.3, -0.25) is 0 Å². The van der Waals surface area contributed by atoms with Gasteiger partial charge < -0.3 is 0 Å². The molecule has 0 saturated carbocycles. The second kappa shape index (κ2) is 42.0. The molecule has 0 N–H and O–H groups in total. The maximum Gasteiger partial charge on any atom is 0.0379 e. The third-order valence-corrected chi connectivity index (χ3v) is 18.0. The summed E-state index contributed by atoms with van der Waals surface area (Å²) in [5.74, 6) is 0. The Morgan fingerprint density at radius 2 is 0.233 bits per heavy atom. The van der Waals surface area contributed by atoms with E-state index in [9.17, 15) is 0 Å². The first-order valence-corrected chi connectivity index (χ1v) is 34.5. The molecule has 0 nitrogen and oxygen atoms in total. The van der Waals surface area contributed by atoms with Crippen LogP contribution in [0.5, 0.6) is 0 Å². The fraction of sp³-hybridized carbons (Fsp3) is 1.00. The van der Waals surface area contributed by atoms with Gasteiger partial charge >= 0.3 is 0 Å². The zero-order valence-corrected chi connectivity index (χ0v) is 37.2. The second-order valence-electron chi connectivity index (χ2n) is 10.0. The van der Waals surface area contributed by atoms with Crippen molar-refractivity contribution in [1.29, 1.82) is 0 Å². The van der Waals surface area contributed by atoms with Gasteiger partial charge in [0.05, 0.1) is 0 Å². The Balaban J connectivity index is -0.0000000322. The van der Waals surface area contributed by atoms with Crippen LogP contribution < -0.4 is 0 Å². The summed E-state index contributed by atoms with van der Waals surface area (Å²) < 4.78 is 0. The zero-order chi connectivity index (χ0) is 24.6. The van der Waals surface area contributed by atoms with Crippen LogP contribution in [0.1, 0.15) is 0 Å². The van der Waals surface area contributed by atoms with Gasteiger partial charge in [0.1, 0.15) is 0 Å². The van der Waals surface area contributed by atoms with E-state index in [0.29, 0.717) is 0 Å². The van der Waals surface area contributed by atoms with E-state index in [2.05, 4.69) is 131 Å². The molecular formula is C20H60Ge2Si8. The summed E-state index contributed by atoms with van der Waals surface area (Å²) in [4.78, 5) is 0. The maximum atomic E-state index is 2.39. The minimum Gasteiger partial charge on any atom is -0.0735 e. The van der Waals surface area contributed by atoms with Gasteiger partial charge in [0.15, 0.2) is 0 Å². The predicted molar refractivity (Wildman–Crippen MR) is 175 cm³/mol. The van der Waals surface area contributed by atoms with Crippen LogP contribution in [0.3, 0.4) is 0 Å². The van der Waals surface area contributed by atoms with Crippen LogP contribution in [0.2, 0.25) is 131 Å². The Morgan fingerprint density at radius 3 is 0.233 bits per heavy atom. The monoisotopic (exact) mass is 672 g/mol. The molecule has 10 heteroatoms. The summed E-state index contributed by atoms with van der Waals surface area (Å²) in [6, 6.07) is 0. The third kappa shape index (κ3) is 234. The van der Waals surface area contributed by atoms with Crippen molar-refractivity contribution in [3.63, 3.8) is 0 Å². The number of hydrogen-bond donors (Lipinski definition) is 0. The van der Waals surface area contributed by atoms with Gasteiger partial charge in [-0.1, -0.05) is 131 Å². The molecule has 0 aliphatic heterocycles. The average Bonchev–Trinajstić information content (AvgIpc) is 2.35. The first kappa shape index (κ1) is 53.9. The van der Waals surface area contributed by atoms with Crippen LogP contribution in [0.4, 0.5) is 0 Å². The van der Waals surface area contributed by atoms with Gasteiger partial charge in [0.2, 0.25) is 0 Å². The van der Waals surface area contributed by atoms with Crippen molar-refractivity contribution < 1.29 is 0 Å². The van der Waals surface area contributed by atoms with E-state index in [1.54, 1.807) is 0 Å². The van der Waals surface area contributed by atoms with E-state index in [4.69, 9.17) is 0 Å². The van der Waals surface area contributed by atoms with Gasteiger partial charge in [-0.05, 0) is 0 Å². The SMILES string of the molecule is C[Si](C)C.C[Si](C)C.C[Si](C)C.C[Si](C)C.C[Si](C)[Si](C)C.C[Si](C)[Si](C)C.[Ge].[Ge]. The summed E-state index contributed by atoms with van der Waals surface area (Å²) >= 11 is 0. The molecule has 0 aliphatic carbocycles. The van der Waals surface area contributed by atoms with Crippen molar-refractivity contribution in [2.45, 2.75) is 131 Å². The van der Waals surface area contributed by atoms with Crippen molar-refractivity contribution in [3.05, 3.63) is 0 Å². The largest absolute Gasteiger partial charge is 0.0735 e. The quantitative estimate of drug-likeness (QED) is 0.263. The van der Waals surface area contributed by atoms with Crippen LogP contribution in [0.15, 0.2) is 0 Å². The molecule has 30 heavy (non-hydrogen) atoms. The van der Waals surface area contributed by atoms with Crippen molar-refractivity contribution >= 4 is 104 Å².